The Labute approximate surface area is 409 Å². The molecule has 0 aliphatic carbocycles. The molecule has 0 saturated heterocycles. The predicted octanol–water partition coefficient (Wildman–Crippen LogP) is 17.0. The van der Waals surface area contributed by atoms with Gasteiger partial charge >= 0.3 is 17.9 Å². The van der Waals surface area contributed by atoms with E-state index >= 15 is 0 Å². The van der Waals surface area contributed by atoms with E-state index in [1.807, 2.05) is 21.1 Å². The maximum atomic E-state index is 12.8. The molecule has 0 saturated carbocycles. The van der Waals surface area contributed by atoms with E-state index < -0.39 is 18.1 Å². The molecule has 0 spiro atoms. The van der Waals surface area contributed by atoms with Crippen LogP contribution in [0.3, 0.4) is 0 Å². The van der Waals surface area contributed by atoms with E-state index in [0.717, 1.165) is 38.5 Å². The second kappa shape index (κ2) is 49.5. The Morgan fingerprint density at radius 3 is 1.09 bits per heavy atom. The molecular weight excluding hydrogens is 823 g/mol. The van der Waals surface area contributed by atoms with Gasteiger partial charge in [0, 0.05) is 19.3 Å². The molecule has 8 heteroatoms. The van der Waals surface area contributed by atoms with Crippen LogP contribution in [0.15, 0.2) is 12.2 Å². The number of carboxylic acids is 1. The molecular formula is C58H112NO7+. The zero-order valence-electron chi connectivity index (χ0n) is 44.7. The van der Waals surface area contributed by atoms with Gasteiger partial charge in [0.1, 0.15) is 6.61 Å². The zero-order valence-corrected chi connectivity index (χ0v) is 44.7. The summed E-state index contributed by atoms with van der Waals surface area (Å²) in [5.74, 6) is -1.44. The van der Waals surface area contributed by atoms with E-state index in [9.17, 15) is 19.5 Å². The molecule has 0 bridgehead atoms. The van der Waals surface area contributed by atoms with Crippen molar-refractivity contribution in [1.82, 2.24) is 0 Å². The van der Waals surface area contributed by atoms with Crippen molar-refractivity contribution in [3.63, 3.8) is 0 Å². The number of carbonyl (C=O) groups is 3. The average Bonchev–Trinajstić information content (AvgIpc) is 3.28. The first-order valence-electron chi connectivity index (χ1n) is 28.7. The standard InChI is InChI=1S/C58H111NO7/c1-6-8-10-12-14-16-18-20-22-24-26-27-28-29-31-33-35-37-39-41-43-45-47-49-57(61)66-54(52-64-51-50-55(58(62)63)59(3,4)5)53-65-56(60)48-46-44-42-40-38-36-34-32-30-25-23-21-19-17-15-13-11-9-7-2/h24,26,54-55H,6-23,25,27-53H2,1-5H3/p+1/b26-24-. The predicted molar refractivity (Wildman–Crippen MR) is 280 cm³/mol. The Hall–Kier alpha value is -1.93. The molecule has 0 rings (SSSR count). The fourth-order valence-corrected chi connectivity index (χ4v) is 8.97. The SMILES string of the molecule is CCCCCCCCCC/C=C\CCCCCCCCCCCCCC(=O)OC(COCCC(C(=O)O)[N+](C)(C)C)COC(=O)CCCCCCCCCCCCCCCCCCCCC. The lowest BCUT2D eigenvalue weighted by atomic mass is 10.0. The van der Waals surface area contributed by atoms with Crippen LogP contribution in [0.25, 0.3) is 0 Å². The summed E-state index contributed by atoms with van der Waals surface area (Å²) >= 11 is 0. The molecule has 0 aliphatic rings. The van der Waals surface area contributed by atoms with Crippen molar-refractivity contribution in [2.75, 3.05) is 41.0 Å². The molecule has 0 aromatic rings. The average molecular weight is 936 g/mol. The Kier molecular flexibility index (Phi) is 48.0. The van der Waals surface area contributed by atoms with Crippen molar-refractivity contribution in [1.29, 1.82) is 0 Å². The fraction of sp³-hybridized carbons (Fsp3) is 0.914. The maximum absolute atomic E-state index is 12.8. The highest BCUT2D eigenvalue weighted by atomic mass is 16.6. The lowest BCUT2D eigenvalue weighted by molar-refractivity contribution is -0.887. The number of hydrogen-bond donors (Lipinski definition) is 1. The quantitative estimate of drug-likeness (QED) is 0.0281. The molecule has 0 aromatic heterocycles. The van der Waals surface area contributed by atoms with Crippen molar-refractivity contribution in [2.24, 2.45) is 0 Å². The van der Waals surface area contributed by atoms with Crippen LogP contribution in [0, 0.1) is 0 Å². The molecule has 0 aromatic carbocycles. The van der Waals surface area contributed by atoms with Crippen molar-refractivity contribution in [3.8, 4) is 0 Å². The molecule has 2 unspecified atom stereocenters. The number of aliphatic carboxylic acids is 1. The lowest BCUT2D eigenvalue weighted by Crippen LogP contribution is -2.50. The summed E-state index contributed by atoms with van der Waals surface area (Å²) in [6.07, 6.45) is 57.0. The topological polar surface area (TPSA) is 99.1 Å². The third-order valence-corrected chi connectivity index (χ3v) is 13.4. The van der Waals surface area contributed by atoms with Crippen molar-refractivity contribution < 1.29 is 38.2 Å². The van der Waals surface area contributed by atoms with E-state index in [1.54, 1.807) is 0 Å². The van der Waals surface area contributed by atoms with Gasteiger partial charge in [0.15, 0.2) is 12.1 Å². The molecule has 0 amide bonds. The third kappa shape index (κ3) is 47.1. The number of ether oxygens (including phenoxy) is 3. The molecule has 2 atom stereocenters. The number of esters is 2. The second-order valence-corrected chi connectivity index (χ2v) is 20.9. The minimum absolute atomic E-state index is 0.0438. The van der Waals surface area contributed by atoms with Crippen LogP contribution in [0.4, 0.5) is 0 Å². The first-order chi connectivity index (χ1) is 32.1. The van der Waals surface area contributed by atoms with Gasteiger partial charge in [-0.2, -0.15) is 0 Å². The monoisotopic (exact) mass is 935 g/mol. The minimum atomic E-state index is -0.869. The summed E-state index contributed by atoms with van der Waals surface area (Å²) in [4.78, 5) is 37.3. The number of likely N-dealkylation sites (N-methyl/N-ethyl adjacent to an activating group) is 1. The van der Waals surface area contributed by atoms with Crippen LogP contribution in [-0.4, -0.2) is 80.6 Å². The summed E-state index contributed by atoms with van der Waals surface area (Å²) < 4.78 is 17.4. The van der Waals surface area contributed by atoms with Gasteiger partial charge in [-0.15, -0.1) is 0 Å². The van der Waals surface area contributed by atoms with Crippen LogP contribution < -0.4 is 0 Å². The highest BCUT2D eigenvalue weighted by Gasteiger charge is 2.31. The van der Waals surface area contributed by atoms with Gasteiger partial charge < -0.3 is 23.8 Å². The Morgan fingerprint density at radius 2 is 0.758 bits per heavy atom. The van der Waals surface area contributed by atoms with E-state index in [1.165, 1.54) is 218 Å². The number of nitrogens with zero attached hydrogens (tertiary/aromatic N) is 1. The highest BCUT2D eigenvalue weighted by Crippen LogP contribution is 2.17. The van der Waals surface area contributed by atoms with E-state index in [-0.39, 0.29) is 36.2 Å². The molecule has 0 aliphatic heterocycles. The third-order valence-electron chi connectivity index (χ3n) is 13.4. The van der Waals surface area contributed by atoms with Gasteiger partial charge in [-0.3, -0.25) is 9.59 Å². The van der Waals surface area contributed by atoms with Gasteiger partial charge in [0.2, 0.25) is 0 Å². The molecule has 0 heterocycles. The first-order valence-corrected chi connectivity index (χ1v) is 28.7. The fourth-order valence-electron chi connectivity index (χ4n) is 8.97. The Morgan fingerprint density at radius 1 is 0.439 bits per heavy atom. The largest absolute Gasteiger partial charge is 0.477 e. The summed E-state index contributed by atoms with van der Waals surface area (Å²) in [5.41, 5.74) is 0. The van der Waals surface area contributed by atoms with Crippen molar-refractivity contribution >= 4 is 17.9 Å². The molecule has 1 N–H and O–H groups in total. The second-order valence-electron chi connectivity index (χ2n) is 20.9. The molecule has 0 radical (unpaired) electrons. The van der Waals surface area contributed by atoms with Gasteiger partial charge in [-0.1, -0.05) is 244 Å². The molecule has 0 fully saturated rings. The van der Waals surface area contributed by atoms with Crippen molar-refractivity contribution in [2.45, 2.75) is 302 Å². The Bertz CT molecular complexity index is 1090. The first kappa shape index (κ1) is 64.1. The van der Waals surface area contributed by atoms with Crippen LogP contribution in [0.5, 0.6) is 0 Å². The highest BCUT2D eigenvalue weighted by molar-refractivity contribution is 5.72. The number of quaternary nitrogens is 1. The van der Waals surface area contributed by atoms with E-state index in [2.05, 4.69) is 26.0 Å². The van der Waals surface area contributed by atoms with Crippen LogP contribution in [0.1, 0.15) is 290 Å². The van der Waals surface area contributed by atoms with Crippen LogP contribution >= 0.6 is 0 Å². The molecule has 390 valence electrons. The smallest absolute Gasteiger partial charge is 0.362 e. The van der Waals surface area contributed by atoms with E-state index in [0.29, 0.717) is 19.3 Å². The van der Waals surface area contributed by atoms with E-state index in [4.69, 9.17) is 14.2 Å². The maximum Gasteiger partial charge on any atom is 0.362 e. The number of unbranched alkanes of at least 4 members (excludes halogenated alkanes) is 37. The van der Waals surface area contributed by atoms with Crippen LogP contribution in [-0.2, 0) is 28.6 Å². The summed E-state index contributed by atoms with van der Waals surface area (Å²) in [7, 11) is 5.56. The van der Waals surface area contributed by atoms with Crippen molar-refractivity contribution in [3.05, 3.63) is 12.2 Å². The van der Waals surface area contributed by atoms with Gasteiger partial charge in [0.05, 0.1) is 34.4 Å². The normalized spacial score (nSPS) is 12.8. The summed E-state index contributed by atoms with van der Waals surface area (Å²) in [6.45, 7) is 4.80. The number of carboxylic acid groups (broad SMARTS) is 1. The van der Waals surface area contributed by atoms with Crippen LogP contribution in [0.2, 0.25) is 0 Å². The Balaban J connectivity index is 4.13. The lowest BCUT2D eigenvalue weighted by Gasteiger charge is -2.31. The summed E-state index contributed by atoms with van der Waals surface area (Å²) in [6, 6.07) is -0.611. The minimum Gasteiger partial charge on any atom is -0.477 e. The zero-order chi connectivity index (χ0) is 48.4. The van der Waals surface area contributed by atoms with Gasteiger partial charge in [0.25, 0.3) is 0 Å². The van der Waals surface area contributed by atoms with Gasteiger partial charge in [-0.25, -0.2) is 4.79 Å². The number of allylic oxidation sites excluding steroid dienone is 2. The molecule has 8 nitrogen and oxygen atoms in total. The number of carbonyl (C=O) groups excluding carboxylic acids is 2. The van der Waals surface area contributed by atoms with Gasteiger partial charge in [-0.05, 0) is 38.5 Å². The molecule has 66 heavy (non-hydrogen) atoms. The number of hydrogen-bond acceptors (Lipinski definition) is 6. The number of rotatable bonds is 53. The summed E-state index contributed by atoms with van der Waals surface area (Å²) in [5, 5.41) is 9.67.